The van der Waals surface area contributed by atoms with Gasteiger partial charge in [0.2, 0.25) is 6.79 Å². The summed E-state index contributed by atoms with van der Waals surface area (Å²) in [5, 5.41) is 0. The van der Waals surface area contributed by atoms with Gasteiger partial charge in [-0.3, -0.25) is 4.79 Å². The first-order valence-electron chi connectivity index (χ1n) is 9.63. The van der Waals surface area contributed by atoms with Crippen LogP contribution in [-0.2, 0) is 20.9 Å². The molecule has 1 aliphatic heterocycles. The maximum absolute atomic E-state index is 12.5. The Hall–Kier alpha value is -3.28. The monoisotopic (exact) mass is 395 g/mol. The molecule has 0 saturated carbocycles. The van der Waals surface area contributed by atoms with Crippen molar-refractivity contribution < 1.29 is 23.8 Å². The van der Waals surface area contributed by atoms with E-state index in [4.69, 9.17) is 14.2 Å². The van der Waals surface area contributed by atoms with Crippen molar-refractivity contribution in [2.24, 2.45) is 0 Å². The molecule has 0 aliphatic carbocycles. The van der Waals surface area contributed by atoms with Gasteiger partial charge < -0.3 is 19.1 Å². The maximum Gasteiger partial charge on any atom is 0.331 e. The Bertz CT molecular complexity index is 889. The van der Waals surface area contributed by atoms with Crippen LogP contribution < -0.4 is 9.47 Å². The van der Waals surface area contributed by atoms with Gasteiger partial charge in [-0.1, -0.05) is 42.8 Å². The Kier molecular flexibility index (Phi) is 6.89. The second kappa shape index (κ2) is 9.78. The van der Waals surface area contributed by atoms with E-state index in [-0.39, 0.29) is 19.3 Å². The maximum atomic E-state index is 12.5. The minimum atomic E-state index is -0.567. The number of carbonyl (C=O) groups excluding carboxylic acids is 2. The number of aryl methyl sites for hydroxylation is 1. The predicted molar refractivity (Wildman–Crippen MR) is 109 cm³/mol. The minimum absolute atomic E-state index is 0.198. The van der Waals surface area contributed by atoms with E-state index in [1.807, 2.05) is 44.2 Å². The summed E-state index contributed by atoms with van der Waals surface area (Å²) in [4.78, 5) is 26.2. The quantitative estimate of drug-likeness (QED) is 0.503. The molecule has 0 fully saturated rings. The number of hydrogen-bond acceptors (Lipinski definition) is 5. The van der Waals surface area contributed by atoms with Crippen LogP contribution in [0.2, 0.25) is 0 Å². The number of carbonyl (C=O) groups is 2. The molecule has 0 spiro atoms. The molecule has 2 aromatic rings. The molecule has 0 unspecified atom stereocenters. The Labute approximate surface area is 170 Å². The van der Waals surface area contributed by atoms with Gasteiger partial charge in [0, 0.05) is 19.2 Å². The van der Waals surface area contributed by atoms with E-state index >= 15 is 0 Å². The molecular weight excluding hydrogens is 370 g/mol. The van der Waals surface area contributed by atoms with Crippen LogP contribution >= 0.6 is 0 Å². The number of nitrogens with zero attached hydrogens (tertiary/aromatic N) is 1. The van der Waals surface area contributed by atoms with E-state index in [9.17, 15) is 9.59 Å². The Morgan fingerprint density at radius 3 is 2.62 bits per heavy atom. The molecule has 0 saturated heterocycles. The Morgan fingerprint density at radius 1 is 1.10 bits per heavy atom. The van der Waals surface area contributed by atoms with Crippen molar-refractivity contribution in [2.45, 2.75) is 26.8 Å². The third-order valence-electron chi connectivity index (χ3n) is 4.49. The van der Waals surface area contributed by atoms with Crippen molar-refractivity contribution in [3.63, 3.8) is 0 Å². The molecule has 1 aliphatic rings. The van der Waals surface area contributed by atoms with Crippen LogP contribution in [0, 0.1) is 6.92 Å². The van der Waals surface area contributed by atoms with Gasteiger partial charge in [-0.25, -0.2) is 4.79 Å². The normalized spacial score (nSPS) is 12.2. The van der Waals surface area contributed by atoms with Gasteiger partial charge in [0.05, 0.1) is 0 Å². The first-order valence-corrected chi connectivity index (χ1v) is 9.63. The summed E-state index contributed by atoms with van der Waals surface area (Å²) in [6.45, 7) is 5.05. The molecule has 29 heavy (non-hydrogen) atoms. The number of esters is 1. The number of amides is 1. The van der Waals surface area contributed by atoms with Crippen LogP contribution in [-0.4, -0.2) is 36.7 Å². The molecule has 6 heteroatoms. The third-order valence-corrected chi connectivity index (χ3v) is 4.49. The van der Waals surface area contributed by atoms with Gasteiger partial charge in [0.15, 0.2) is 18.1 Å². The molecule has 6 nitrogen and oxygen atoms in total. The molecule has 0 N–H and O–H groups in total. The number of benzene rings is 2. The van der Waals surface area contributed by atoms with Crippen molar-refractivity contribution in [3.8, 4) is 11.5 Å². The van der Waals surface area contributed by atoms with Crippen LogP contribution in [0.15, 0.2) is 48.5 Å². The van der Waals surface area contributed by atoms with E-state index in [0.717, 1.165) is 17.5 Å². The highest BCUT2D eigenvalue weighted by atomic mass is 16.7. The topological polar surface area (TPSA) is 65.1 Å². The molecule has 0 bridgehead atoms. The average molecular weight is 395 g/mol. The zero-order valence-electron chi connectivity index (χ0n) is 16.7. The van der Waals surface area contributed by atoms with Gasteiger partial charge in [-0.2, -0.15) is 0 Å². The Morgan fingerprint density at radius 2 is 1.86 bits per heavy atom. The van der Waals surface area contributed by atoms with Gasteiger partial charge >= 0.3 is 5.97 Å². The summed E-state index contributed by atoms with van der Waals surface area (Å²) >= 11 is 0. The fraction of sp³-hybridized carbons (Fsp3) is 0.304. The predicted octanol–water partition coefficient (Wildman–Crippen LogP) is 3.72. The first-order chi connectivity index (χ1) is 14.0. The second-order valence-corrected chi connectivity index (χ2v) is 6.85. The van der Waals surface area contributed by atoms with Crippen molar-refractivity contribution >= 4 is 18.0 Å². The van der Waals surface area contributed by atoms with E-state index in [0.29, 0.717) is 24.6 Å². The lowest BCUT2D eigenvalue weighted by Gasteiger charge is -2.22. The van der Waals surface area contributed by atoms with Crippen LogP contribution in [0.4, 0.5) is 0 Å². The fourth-order valence-electron chi connectivity index (χ4n) is 2.93. The lowest BCUT2D eigenvalue weighted by atomic mass is 10.1. The summed E-state index contributed by atoms with van der Waals surface area (Å²) in [6.07, 6.45) is 3.75. The fourth-order valence-corrected chi connectivity index (χ4v) is 2.93. The number of rotatable bonds is 8. The van der Waals surface area contributed by atoms with Crippen molar-refractivity contribution in [1.29, 1.82) is 0 Å². The number of fused-ring (bicyclic) bond motifs is 1. The molecular formula is C23H25NO5. The van der Waals surface area contributed by atoms with Gasteiger partial charge in [0.1, 0.15) is 0 Å². The first kappa shape index (κ1) is 20.5. The largest absolute Gasteiger partial charge is 0.454 e. The lowest BCUT2D eigenvalue weighted by Crippen LogP contribution is -2.34. The molecule has 0 radical (unpaired) electrons. The van der Waals surface area contributed by atoms with Crippen LogP contribution in [0.1, 0.15) is 30.0 Å². The van der Waals surface area contributed by atoms with E-state index in [2.05, 4.69) is 0 Å². The van der Waals surface area contributed by atoms with Gasteiger partial charge in [-0.05, 0) is 42.7 Å². The minimum Gasteiger partial charge on any atom is -0.454 e. The highest BCUT2D eigenvalue weighted by molar-refractivity contribution is 5.89. The summed E-state index contributed by atoms with van der Waals surface area (Å²) < 4.78 is 15.7. The van der Waals surface area contributed by atoms with Crippen molar-refractivity contribution in [3.05, 3.63) is 65.2 Å². The summed E-state index contributed by atoms with van der Waals surface area (Å²) in [6, 6.07) is 13.4. The zero-order valence-corrected chi connectivity index (χ0v) is 16.7. The molecule has 1 amide bonds. The highest BCUT2D eigenvalue weighted by Gasteiger charge is 2.15. The second-order valence-electron chi connectivity index (χ2n) is 6.85. The van der Waals surface area contributed by atoms with E-state index in [1.165, 1.54) is 11.6 Å². The summed E-state index contributed by atoms with van der Waals surface area (Å²) in [7, 11) is 0. The molecule has 1 heterocycles. The van der Waals surface area contributed by atoms with Crippen molar-refractivity contribution in [1.82, 2.24) is 4.90 Å². The number of ether oxygens (including phenoxy) is 3. The van der Waals surface area contributed by atoms with Crippen LogP contribution in [0.25, 0.3) is 6.08 Å². The average Bonchev–Trinajstić information content (AvgIpc) is 3.19. The van der Waals surface area contributed by atoms with E-state index < -0.39 is 5.97 Å². The van der Waals surface area contributed by atoms with Gasteiger partial charge in [0.25, 0.3) is 5.91 Å². The lowest BCUT2D eigenvalue weighted by molar-refractivity contribution is -0.148. The number of hydrogen-bond donors (Lipinski definition) is 0. The standard InChI is InChI=1S/C23H25NO5/c1-3-12-24(14-19-6-4-17(2)5-7-19)22(25)15-27-23(26)11-9-18-8-10-20-21(13-18)29-16-28-20/h4-11,13H,3,12,14-16H2,1-2H3/b11-9+. The van der Waals surface area contributed by atoms with E-state index in [1.54, 1.807) is 23.1 Å². The molecule has 0 aromatic heterocycles. The molecule has 0 atom stereocenters. The summed E-state index contributed by atoms with van der Waals surface area (Å²) in [5.74, 6) is 0.543. The Balaban J connectivity index is 1.51. The molecule has 152 valence electrons. The van der Waals surface area contributed by atoms with Crippen LogP contribution in [0.3, 0.4) is 0 Å². The van der Waals surface area contributed by atoms with Gasteiger partial charge in [-0.15, -0.1) is 0 Å². The zero-order chi connectivity index (χ0) is 20.6. The smallest absolute Gasteiger partial charge is 0.331 e. The highest BCUT2D eigenvalue weighted by Crippen LogP contribution is 2.32. The SMILES string of the molecule is CCCN(Cc1ccc(C)cc1)C(=O)COC(=O)/C=C/c1ccc2c(c1)OCO2. The third kappa shape index (κ3) is 5.85. The van der Waals surface area contributed by atoms with Crippen LogP contribution in [0.5, 0.6) is 11.5 Å². The molecule has 2 aromatic carbocycles. The van der Waals surface area contributed by atoms with Crippen molar-refractivity contribution in [2.75, 3.05) is 19.9 Å². The molecule has 3 rings (SSSR count). The summed E-state index contributed by atoms with van der Waals surface area (Å²) in [5.41, 5.74) is 3.00.